The number of nitrogens with one attached hydrogen (secondary N) is 1. The van der Waals surface area contributed by atoms with Crippen LogP contribution in [0.5, 0.6) is 0 Å². The van der Waals surface area contributed by atoms with Crippen LogP contribution in [0.15, 0.2) is 24.5 Å². The minimum Gasteiger partial charge on any atom is -0.339 e. The average Bonchev–Trinajstić information content (AvgIpc) is 3.23. The Hall–Kier alpha value is -1.70. The van der Waals surface area contributed by atoms with Gasteiger partial charge in [-0.2, -0.15) is 4.68 Å². The summed E-state index contributed by atoms with van der Waals surface area (Å²) in [7, 11) is 0. The van der Waals surface area contributed by atoms with Crippen molar-refractivity contribution < 1.29 is 4.79 Å². The monoisotopic (exact) mass is 382 g/mol. The number of nitrogens with zero attached hydrogens (tertiary/aromatic N) is 5. The van der Waals surface area contributed by atoms with Crippen LogP contribution >= 0.6 is 24.0 Å². The molecular formula is C16H20Cl2N6O. The summed E-state index contributed by atoms with van der Waals surface area (Å²) in [5, 5.41) is 15.2. The third-order valence-corrected chi connectivity index (χ3v) is 5.33. The number of tetrazole rings is 1. The fraction of sp³-hybridized carbons (Fsp3) is 0.500. The molecule has 2 fully saturated rings. The van der Waals surface area contributed by atoms with Crippen molar-refractivity contribution in [3.05, 3.63) is 35.1 Å². The van der Waals surface area contributed by atoms with Crippen molar-refractivity contribution in [2.24, 2.45) is 11.8 Å². The molecule has 134 valence electrons. The van der Waals surface area contributed by atoms with Crippen LogP contribution < -0.4 is 5.32 Å². The van der Waals surface area contributed by atoms with Crippen molar-refractivity contribution in [3.63, 3.8) is 0 Å². The Balaban J connectivity index is 0.00000182. The van der Waals surface area contributed by atoms with E-state index in [2.05, 4.69) is 20.8 Å². The van der Waals surface area contributed by atoms with Gasteiger partial charge in [0.25, 0.3) is 5.91 Å². The van der Waals surface area contributed by atoms with E-state index in [4.69, 9.17) is 11.6 Å². The van der Waals surface area contributed by atoms with Gasteiger partial charge in [0.15, 0.2) is 0 Å². The van der Waals surface area contributed by atoms with E-state index in [1.165, 1.54) is 11.0 Å². The molecule has 0 radical (unpaired) electrons. The quantitative estimate of drug-likeness (QED) is 0.856. The topological polar surface area (TPSA) is 75.9 Å². The highest BCUT2D eigenvalue weighted by molar-refractivity contribution is 6.31. The lowest BCUT2D eigenvalue weighted by atomic mass is 9.92. The smallest absolute Gasteiger partial charge is 0.256 e. The third-order valence-electron chi connectivity index (χ3n) is 5.09. The maximum absolute atomic E-state index is 13.1. The fourth-order valence-corrected chi connectivity index (χ4v) is 3.91. The minimum atomic E-state index is -0.00377. The molecule has 1 amide bonds. The predicted molar refractivity (Wildman–Crippen MR) is 96.4 cm³/mol. The molecule has 2 atom stereocenters. The highest BCUT2D eigenvalue weighted by Crippen LogP contribution is 2.28. The Labute approximate surface area is 157 Å². The number of aromatic nitrogens is 4. The van der Waals surface area contributed by atoms with E-state index >= 15 is 0 Å². The molecule has 4 rings (SSSR count). The van der Waals surface area contributed by atoms with Gasteiger partial charge in [-0.3, -0.25) is 4.79 Å². The molecule has 2 aliphatic heterocycles. The summed E-state index contributed by atoms with van der Waals surface area (Å²) in [6.07, 6.45) is 3.58. The summed E-state index contributed by atoms with van der Waals surface area (Å²) >= 11 is 6.13. The van der Waals surface area contributed by atoms with Crippen molar-refractivity contribution >= 4 is 29.9 Å². The van der Waals surface area contributed by atoms with Crippen LogP contribution in [0.4, 0.5) is 0 Å². The van der Waals surface area contributed by atoms with E-state index in [-0.39, 0.29) is 18.3 Å². The van der Waals surface area contributed by atoms with Crippen molar-refractivity contribution in [2.75, 3.05) is 26.2 Å². The van der Waals surface area contributed by atoms with Gasteiger partial charge in [-0.25, -0.2) is 0 Å². The molecule has 0 spiro atoms. The lowest BCUT2D eigenvalue weighted by molar-refractivity contribution is 0.0758. The molecule has 0 saturated carbocycles. The number of carbonyl (C=O) groups is 1. The molecule has 3 heterocycles. The molecule has 7 nitrogen and oxygen atoms in total. The highest BCUT2D eigenvalue weighted by Gasteiger charge is 2.32. The zero-order chi connectivity index (χ0) is 16.5. The van der Waals surface area contributed by atoms with Crippen LogP contribution in [0.3, 0.4) is 0 Å². The van der Waals surface area contributed by atoms with Gasteiger partial charge in [0, 0.05) is 18.1 Å². The predicted octanol–water partition coefficient (Wildman–Crippen LogP) is 1.81. The molecule has 2 aliphatic rings. The number of fused-ring (bicyclic) bond motifs is 1. The number of likely N-dealkylation sites (tertiary alicyclic amines) is 1. The number of halogens is 2. The van der Waals surface area contributed by atoms with Crippen LogP contribution in [-0.4, -0.2) is 57.2 Å². The second kappa shape index (κ2) is 7.68. The van der Waals surface area contributed by atoms with Gasteiger partial charge in [-0.15, -0.1) is 17.5 Å². The average molecular weight is 383 g/mol. The molecule has 9 heteroatoms. The molecular weight excluding hydrogens is 363 g/mol. The summed E-state index contributed by atoms with van der Waals surface area (Å²) in [5.74, 6) is 1.36. The number of carbonyl (C=O) groups excluding carboxylic acids is 1. The molecule has 1 aromatic heterocycles. The summed E-state index contributed by atoms with van der Waals surface area (Å²) < 4.78 is 1.50. The molecule has 0 aliphatic carbocycles. The minimum absolute atomic E-state index is 0. The van der Waals surface area contributed by atoms with Crippen LogP contribution in [0.25, 0.3) is 5.69 Å². The summed E-state index contributed by atoms with van der Waals surface area (Å²) in [4.78, 5) is 15.1. The van der Waals surface area contributed by atoms with E-state index in [1.54, 1.807) is 18.2 Å². The van der Waals surface area contributed by atoms with E-state index in [0.29, 0.717) is 28.1 Å². The van der Waals surface area contributed by atoms with Gasteiger partial charge in [-0.05, 0) is 66.4 Å². The molecule has 25 heavy (non-hydrogen) atoms. The summed E-state index contributed by atoms with van der Waals surface area (Å²) in [6.45, 7) is 3.70. The zero-order valence-corrected chi connectivity index (χ0v) is 15.2. The Morgan fingerprint density at radius 2 is 1.92 bits per heavy atom. The SMILES string of the molecule is Cl.O=C(c1cc(Cl)ccc1-n1cnnn1)N1CC[C@@H]2CNC[C@@H]2CC1. The van der Waals surface area contributed by atoms with Gasteiger partial charge in [-0.1, -0.05) is 11.6 Å². The molecule has 0 bridgehead atoms. The van der Waals surface area contributed by atoms with E-state index in [9.17, 15) is 4.79 Å². The second-order valence-electron chi connectivity index (χ2n) is 6.46. The molecule has 1 N–H and O–H groups in total. The number of amides is 1. The van der Waals surface area contributed by atoms with Gasteiger partial charge < -0.3 is 10.2 Å². The van der Waals surface area contributed by atoms with E-state index in [0.717, 1.165) is 39.0 Å². The third kappa shape index (κ3) is 3.63. The van der Waals surface area contributed by atoms with Crippen molar-refractivity contribution in [1.82, 2.24) is 30.4 Å². The van der Waals surface area contributed by atoms with Crippen LogP contribution in [0, 0.1) is 11.8 Å². The zero-order valence-electron chi connectivity index (χ0n) is 13.6. The summed E-state index contributed by atoms with van der Waals surface area (Å²) in [6, 6.07) is 5.23. The molecule has 1 aromatic carbocycles. The molecule has 0 unspecified atom stereocenters. The maximum Gasteiger partial charge on any atom is 0.256 e. The summed E-state index contributed by atoms with van der Waals surface area (Å²) in [5.41, 5.74) is 1.19. The van der Waals surface area contributed by atoms with Crippen molar-refractivity contribution in [1.29, 1.82) is 0 Å². The normalized spacial score (nSPS) is 22.8. The van der Waals surface area contributed by atoms with Crippen LogP contribution in [-0.2, 0) is 0 Å². The number of rotatable bonds is 2. The van der Waals surface area contributed by atoms with Crippen LogP contribution in [0.2, 0.25) is 5.02 Å². The van der Waals surface area contributed by atoms with Gasteiger partial charge >= 0.3 is 0 Å². The van der Waals surface area contributed by atoms with Crippen LogP contribution in [0.1, 0.15) is 23.2 Å². The number of benzene rings is 1. The van der Waals surface area contributed by atoms with E-state index in [1.807, 2.05) is 4.90 Å². The Morgan fingerprint density at radius 3 is 2.56 bits per heavy atom. The van der Waals surface area contributed by atoms with Gasteiger partial charge in [0.2, 0.25) is 0 Å². The number of hydrogen-bond donors (Lipinski definition) is 1. The molecule has 2 aromatic rings. The van der Waals surface area contributed by atoms with Gasteiger partial charge in [0.05, 0.1) is 11.3 Å². The van der Waals surface area contributed by atoms with Crippen molar-refractivity contribution in [2.45, 2.75) is 12.8 Å². The van der Waals surface area contributed by atoms with E-state index < -0.39 is 0 Å². The molecule has 2 saturated heterocycles. The maximum atomic E-state index is 13.1. The Kier molecular flexibility index (Phi) is 5.56. The highest BCUT2D eigenvalue weighted by atomic mass is 35.5. The van der Waals surface area contributed by atoms with Gasteiger partial charge in [0.1, 0.15) is 6.33 Å². The van der Waals surface area contributed by atoms with Crippen molar-refractivity contribution in [3.8, 4) is 5.69 Å². The first kappa shape index (κ1) is 18.1. The first-order valence-electron chi connectivity index (χ1n) is 8.25. The first-order valence-corrected chi connectivity index (χ1v) is 8.63. The second-order valence-corrected chi connectivity index (χ2v) is 6.90. The number of hydrogen-bond acceptors (Lipinski definition) is 5. The lowest BCUT2D eigenvalue weighted by Gasteiger charge is -2.22. The Bertz CT molecular complexity index is 724. The first-order chi connectivity index (χ1) is 11.7. The lowest BCUT2D eigenvalue weighted by Crippen LogP contribution is -2.33. The largest absolute Gasteiger partial charge is 0.339 e. The Morgan fingerprint density at radius 1 is 1.20 bits per heavy atom. The standard InChI is InChI=1S/C16H19ClN6O.ClH/c17-13-1-2-15(23-10-19-20-21-23)14(7-13)16(24)22-5-3-11-8-18-9-12(11)4-6-22;/h1-2,7,10-12,18H,3-6,8-9H2;1H/t11-,12+;. The fourth-order valence-electron chi connectivity index (χ4n) is 3.74.